The predicted molar refractivity (Wildman–Crippen MR) is 71.8 cm³/mol. The van der Waals surface area contributed by atoms with Crippen LogP contribution in [0.1, 0.15) is 35.2 Å². The third-order valence-electron chi connectivity index (χ3n) is 3.48. The van der Waals surface area contributed by atoms with Crippen molar-refractivity contribution >= 4 is 11.7 Å². The Kier molecular flexibility index (Phi) is 3.87. The van der Waals surface area contributed by atoms with Gasteiger partial charge in [-0.3, -0.25) is 0 Å². The SMILES string of the molecule is COC(=O)c1ccc(NC2CCC(N)C2)c(C)c1. The van der Waals surface area contributed by atoms with Crippen LogP contribution in [0.4, 0.5) is 5.69 Å². The summed E-state index contributed by atoms with van der Waals surface area (Å²) in [6.07, 6.45) is 3.20. The number of benzene rings is 1. The van der Waals surface area contributed by atoms with Crippen LogP contribution in [0.25, 0.3) is 0 Å². The summed E-state index contributed by atoms with van der Waals surface area (Å²) < 4.78 is 4.70. The second-order valence-corrected chi connectivity index (χ2v) is 4.94. The van der Waals surface area contributed by atoms with Gasteiger partial charge in [-0.1, -0.05) is 0 Å². The fourth-order valence-electron chi connectivity index (χ4n) is 2.44. The van der Waals surface area contributed by atoms with Crippen LogP contribution in [0.15, 0.2) is 18.2 Å². The minimum atomic E-state index is -0.299. The van der Waals surface area contributed by atoms with Gasteiger partial charge in [-0.25, -0.2) is 4.79 Å². The Hall–Kier alpha value is -1.55. The third kappa shape index (κ3) is 2.82. The van der Waals surface area contributed by atoms with E-state index in [9.17, 15) is 4.79 Å². The molecule has 0 amide bonds. The molecule has 1 aliphatic carbocycles. The number of nitrogens with two attached hydrogens (primary N) is 1. The largest absolute Gasteiger partial charge is 0.465 e. The number of carbonyl (C=O) groups excluding carboxylic acids is 1. The molecule has 1 fully saturated rings. The van der Waals surface area contributed by atoms with Gasteiger partial charge in [0.1, 0.15) is 0 Å². The van der Waals surface area contributed by atoms with Crippen LogP contribution in [-0.4, -0.2) is 25.2 Å². The second kappa shape index (κ2) is 5.40. The molecule has 0 aliphatic heterocycles. The van der Waals surface area contributed by atoms with Crippen LogP contribution in [-0.2, 0) is 4.74 Å². The van der Waals surface area contributed by atoms with Crippen LogP contribution < -0.4 is 11.1 Å². The predicted octanol–water partition coefficient (Wildman–Crippen LogP) is 2.07. The van der Waals surface area contributed by atoms with Gasteiger partial charge in [-0.15, -0.1) is 0 Å². The lowest BCUT2D eigenvalue weighted by atomic mass is 10.1. The zero-order chi connectivity index (χ0) is 13.1. The molecule has 0 heterocycles. The Morgan fingerprint density at radius 1 is 1.44 bits per heavy atom. The first-order valence-electron chi connectivity index (χ1n) is 6.31. The van der Waals surface area contributed by atoms with Gasteiger partial charge >= 0.3 is 5.97 Å². The summed E-state index contributed by atoms with van der Waals surface area (Å²) in [5.74, 6) is -0.299. The molecule has 0 bridgehead atoms. The summed E-state index contributed by atoms with van der Waals surface area (Å²) >= 11 is 0. The van der Waals surface area contributed by atoms with Gasteiger partial charge in [0, 0.05) is 17.8 Å². The van der Waals surface area contributed by atoms with E-state index in [-0.39, 0.29) is 5.97 Å². The maximum atomic E-state index is 11.4. The van der Waals surface area contributed by atoms with E-state index in [1.54, 1.807) is 6.07 Å². The van der Waals surface area contributed by atoms with E-state index in [0.717, 1.165) is 30.5 Å². The van der Waals surface area contributed by atoms with Gasteiger partial charge in [0.2, 0.25) is 0 Å². The molecule has 1 saturated carbocycles. The molecule has 2 rings (SSSR count). The number of hydrogen-bond donors (Lipinski definition) is 2. The first kappa shape index (κ1) is 12.9. The molecule has 0 saturated heterocycles. The van der Waals surface area contributed by atoms with Crippen LogP contribution in [0.5, 0.6) is 0 Å². The zero-order valence-corrected chi connectivity index (χ0v) is 10.9. The summed E-state index contributed by atoms with van der Waals surface area (Å²) in [7, 11) is 1.39. The maximum absolute atomic E-state index is 11.4. The summed E-state index contributed by atoms with van der Waals surface area (Å²) in [5, 5.41) is 3.49. The van der Waals surface area contributed by atoms with E-state index < -0.39 is 0 Å². The fourth-order valence-corrected chi connectivity index (χ4v) is 2.44. The standard InChI is InChI=1S/C14H20N2O2/c1-9-7-10(14(17)18-2)3-6-13(9)16-12-5-4-11(15)8-12/h3,6-7,11-12,16H,4-5,8,15H2,1-2H3. The number of nitrogens with one attached hydrogen (secondary N) is 1. The van der Waals surface area contributed by atoms with E-state index in [2.05, 4.69) is 5.32 Å². The smallest absolute Gasteiger partial charge is 0.337 e. The summed E-state index contributed by atoms with van der Waals surface area (Å²) in [6, 6.07) is 6.34. The summed E-state index contributed by atoms with van der Waals surface area (Å²) in [5.41, 5.74) is 8.61. The highest BCUT2D eigenvalue weighted by atomic mass is 16.5. The Morgan fingerprint density at radius 3 is 2.78 bits per heavy atom. The van der Waals surface area contributed by atoms with Crippen molar-refractivity contribution in [3.63, 3.8) is 0 Å². The van der Waals surface area contributed by atoms with Crippen molar-refractivity contribution in [3.8, 4) is 0 Å². The van der Waals surface area contributed by atoms with Crippen LogP contribution >= 0.6 is 0 Å². The van der Waals surface area contributed by atoms with Gasteiger partial charge in [0.25, 0.3) is 0 Å². The van der Waals surface area contributed by atoms with Gasteiger partial charge in [-0.05, 0) is 49.9 Å². The fraction of sp³-hybridized carbons (Fsp3) is 0.500. The molecule has 1 aliphatic rings. The molecule has 4 nitrogen and oxygen atoms in total. The van der Waals surface area contributed by atoms with E-state index in [4.69, 9.17) is 10.5 Å². The van der Waals surface area contributed by atoms with Crippen molar-refractivity contribution in [3.05, 3.63) is 29.3 Å². The summed E-state index contributed by atoms with van der Waals surface area (Å²) in [6.45, 7) is 1.99. The maximum Gasteiger partial charge on any atom is 0.337 e. The minimum absolute atomic E-state index is 0.299. The van der Waals surface area contributed by atoms with E-state index in [1.165, 1.54) is 7.11 Å². The quantitative estimate of drug-likeness (QED) is 0.804. The van der Waals surface area contributed by atoms with E-state index >= 15 is 0 Å². The molecule has 0 spiro atoms. The van der Waals surface area contributed by atoms with Gasteiger partial charge in [0.05, 0.1) is 12.7 Å². The third-order valence-corrected chi connectivity index (χ3v) is 3.48. The molecule has 2 unspecified atom stereocenters. The van der Waals surface area contributed by atoms with Crippen molar-refractivity contribution < 1.29 is 9.53 Å². The summed E-state index contributed by atoms with van der Waals surface area (Å²) in [4.78, 5) is 11.4. The Labute approximate surface area is 108 Å². The molecular formula is C14H20N2O2. The van der Waals surface area contributed by atoms with E-state index in [1.807, 2.05) is 19.1 Å². The molecule has 0 radical (unpaired) electrons. The second-order valence-electron chi connectivity index (χ2n) is 4.94. The topological polar surface area (TPSA) is 64.3 Å². The zero-order valence-electron chi connectivity index (χ0n) is 10.9. The number of carbonyl (C=O) groups is 1. The van der Waals surface area contributed by atoms with Gasteiger partial charge in [0.15, 0.2) is 0 Å². The van der Waals surface area contributed by atoms with Crippen molar-refractivity contribution in [2.24, 2.45) is 5.73 Å². The average molecular weight is 248 g/mol. The lowest BCUT2D eigenvalue weighted by molar-refractivity contribution is 0.0600. The molecule has 1 aromatic rings. The molecule has 2 atom stereocenters. The van der Waals surface area contributed by atoms with Gasteiger partial charge in [-0.2, -0.15) is 0 Å². The highest BCUT2D eigenvalue weighted by molar-refractivity contribution is 5.90. The Bertz CT molecular complexity index is 445. The number of anilines is 1. The molecule has 0 aromatic heterocycles. The molecule has 3 N–H and O–H groups in total. The van der Waals surface area contributed by atoms with Crippen molar-refractivity contribution in [2.45, 2.75) is 38.3 Å². The minimum Gasteiger partial charge on any atom is -0.465 e. The van der Waals surface area contributed by atoms with E-state index in [0.29, 0.717) is 17.6 Å². The molecule has 18 heavy (non-hydrogen) atoms. The number of aryl methyl sites for hydroxylation is 1. The highest BCUT2D eigenvalue weighted by Crippen LogP contribution is 2.24. The van der Waals surface area contributed by atoms with Gasteiger partial charge < -0.3 is 15.8 Å². The molecule has 1 aromatic carbocycles. The normalized spacial score (nSPS) is 22.8. The monoisotopic (exact) mass is 248 g/mol. The van der Waals surface area contributed by atoms with Crippen LogP contribution in [0.3, 0.4) is 0 Å². The first-order chi connectivity index (χ1) is 8.60. The average Bonchev–Trinajstić information content (AvgIpc) is 2.76. The van der Waals surface area contributed by atoms with Crippen molar-refractivity contribution in [1.82, 2.24) is 0 Å². The number of rotatable bonds is 3. The van der Waals surface area contributed by atoms with Crippen molar-refractivity contribution in [2.75, 3.05) is 12.4 Å². The van der Waals surface area contributed by atoms with Crippen molar-refractivity contribution in [1.29, 1.82) is 0 Å². The Balaban J connectivity index is 2.08. The molecule has 4 heteroatoms. The molecule has 98 valence electrons. The first-order valence-corrected chi connectivity index (χ1v) is 6.31. The number of ether oxygens (including phenoxy) is 1. The highest BCUT2D eigenvalue weighted by Gasteiger charge is 2.21. The van der Waals surface area contributed by atoms with Crippen LogP contribution in [0.2, 0.25) is 0 Å². The number of hydrogen-bond acceptors (Lipinski definition) is 4. The lowest BCUT2D eigenvalue weighted by Gasteiger charge is -2.16. The Morgan fingerprint density at radius 2 is 2.22 bits per heavy atom. The number of esters is 1. The van der Waals surface area contributed by atoms with Crippen LogP contribution in [0, 0.1) is 6.92 Å². The lowest BCUT2D eigenvalue weighted by Crippen LogP contribution is -2.21. The number of methoxy groups -OCH3 is 1. The molecular weight excluding hydrogens is 228 g/mol.